The standard InChI is InChI=1S/C26H26N4O3S/c1-18-8-10-19(11-9-18)16-30-22-7-5-4-6-21(22)28-26(30)34-17-25(31)29-27-15-20-12-13-23(32-2)24(14-20)33-3/h4-15H,16-17H2,1-3H3,(H,29,31). The van der Waals surface area contributed by atoms with Gasteiger partial charge in [-0.3, -0.25) is 4.79 Å². The van der Waals surface area contributed by atoms with Crippen LogP contribution in [0.1, 0.15) is 16.7 Å². The lowest BCUT2D eigenvalue weighted by molar-refractivity contribution is -0.118. The van der Waals surface area contributed by atoms with Crippen molar-refractivity contribution in [2.24, 2.45) is 5.10 Å². The highest BCUT2D eigenvalue weighted by Gasteiger charge is 2.13. The molecule has 7 nitrogen and oxygen atoms in total. The average molecular weight is 475 g/mol. The Hall–Kier alpha value is -3.78. The maximum atomic E-state index is 12.4. The number of ether oxygens (including phenoxy) is 2. The maximum Gasteiger partial charge on any atom is 0.250 e. The van der Waals surface area contributed by atoms with E-state index in [4.69, 9.17) is 14.5 Å². The van der Waals surface area contributed by atoms with Gasteiger partial charge in [-0.2, -0.15) is 5.10 Å². The van der Waals surface area contributed by atoms with E-state index in [-0.39, 0.29) is 11.7 Å². The van der Waals surface area contributed by atoms with E-state index in [2.05, 4.69) is 46.3 Å². The second-order valence-electron chi connectivity index (χ2n) is 7.65. The topological polar surface area (TPSA) is 77.7 Å². The number of carbonyl (C=O) groups excluding carboxylic acids is 1. The summed E-state index contributed by atoms with van der Waals surface area (Å²) in [5, 5.41) is 4.86. The normalized spacial score (nSPS) is 11.1. The Balaban J connectivity index is 1.42. The van der Waals surface area contributed by atoms with Gasteiger partial charge >= 0.3 is 0 Å². The minimum atomic E-state index is -0.212. The lowest BCUT2D eigenvalue weighted by Crippen LogP contribution is -2.20. The van der Waals surface area contributed by atoms with E-state index in [9.17, 15) is 4.79 Å². The van der Waals surface area contributed by atoms with Crippen molar-refractivity contribution >= 4 is 34.9 Å². The molecule has 1 N–H and O–H groups in total. The van der Waals surface area contributed by atoms with Gasteiger partial charge in [0.2, 0.25) is 0 Å². The van der Waals surface area contributed by atoms with Crippen LogP contribution < -0.4 is 14.9 Å². The average Bonchev–Trinajstić information content (AvgIpc) is 3.21. The summed E-state index contributed by atoms with van der Waals surface area (Å²) in [6.45, 7) is 2.76. The third-order valence-corrected chi connectivity index (χ3v) is 6.20. The number of carbonyl (C=O) groups is 1. The second kappa shape index (κ2) is 10.9. The molecule has 3 aromatic carbocycles. The van der Waals surface area contributed by atoms with Crippen LogP contribution in [0.3, 0.4) is 0 Å². The quantitative estimate of drug-likeness (QED) is 0.217. The predicted molar refractivity (Wildman–Crippen MR) is 136 cm³/mol. The third-order valence-electron chi connectivity index (χ3n) is 5.22. The summed E-state index contributed by atoms with van der Waals surface area (Å²) in [7, 11) is 3.16. The molecule has 4 rings (SSSR count). The summed E-state index contributed by atoms with van der Waals surface area (Å²) in [6, 6.07) is 21.9. The lowest BCUT2D eigenvalue weighted by atomic mass is 10.1. The highest BCUT2D eigenvalue weighted by Crippen LogP contribution is 2.27. The van der Waals surface area contributed by atoms with Crippen LogP contribution in [0.25, 0.3) is 11.0 Å². The van der Waals surface area contributed by atoms with Crippen LogP contribution in [0.5, 0.6) is 11.5 Å². The first kappa shape index (κ1) is 23.4. The van der Waals surface area contributed by atoms with Gasteiger partial charge in [0, 0.05) is 0 Å². The molecule has 0 aliphatic rings. The number of aromatic nitrogens is 2. The molecular formula is C26H26N4O3S. The van der Waals surface area contributed by atoms with Gasteiger partial charge in [-0.15, -0.1) is 0 Å². The lowest BCUT2D eigenvalue weighted by Gasteiger charge is -2.09. The van der Waals surface area contributed by atoms with E-state index in [1.165, 1.54) is 22.9 Å². The molecule has 0 aliphatic heterocycles. The van der Waals surface area contributed by atoms with Crippen LogP contribution in [0.15, 0.2) is 77.0 Å². The van der Waals surface area contributed by atoms with Gasteiger partial charge in [0.15, 0.2) is 16.7 Å². The summed E-state index contributed by atoms with van der Waals surface area (Å²) < 4.78 is 12.7. The molecule has 0 saturated carbocycles. The van der Waals surface area contributed by atoms with Gasteiger partial charge in [-0.05, 0) is 48.4 Å². The smallest absolute Gasteiger partial charge is 0.250 e. The Labute approximate surface area is 202 Å². The fourth-order valence-corrected chi connectivity index (χ4v) is 4.27. The van der Waals surface area contributed by atoms with Crippen LogP contribution in [-0.4, -0.2) is 41.6 Å². The van der Waals surface area contributed by atoms with Gasteiger partial charge in [-0.25, -0.2) is 10.4 Å². The van der Waals surface area contributed by atoms with Crippen LogP contribution >= 0.6 is 11.8 Å². The van der Waals surface area contributed by atoms with Crippen molar-refractivity contribution in [1.82, 2.24) is 15.0 Å². The zero-order valence-electron chi connectivity index (χ0n) is 19.3. The van der Waals surface area contributed by atoms with Gasteiger partial charge < -0.3 is 14.0 Å². The van der Waals surface area contributed by atoms with E-state index >= 15 is 0 Å². The van der Waals surface area contributed by atoms with Crippen LogP contribution in [-0.2, 0) is 11.3 Å². The SMILES string of the molecule is COc1ccc(C=NNC(=O)CSc2nc3ccccc3n2Cc2ccc(C)cc2)cc1OC. The molecule has 0 fully saturated rings. The number of thioether (sulfide) groups is 1. The van der Waals surface area contributed by atoms with E-state index in [1.54, 1.807) is 32.6 Å². The molecule has 0 atom stereocenters. The molecule has 0 radical (unpaired) electrons. The van der Waals surface area contributed by atoms with Gasteiger partial charge in [0.25, 0.3) is 5.91 Å². The number of methoxy groups -OCH3 is 2. The first-order valence-electron chi connectivity index (χ1n) is 10.7. The van der Waals surface area contributed by atoms with Crippen molar-refractivity contribution in [1.29, 1.82) is 0 Å². The summed E-state index contributed by atoms with van der Waals surface area (Å²) in [6.07, 6.45) is 1.57. The number of hydrazone groups is 1. The molecule has 0 saturated heterocycles. The van der Waals surface area contributed by atoms with Crippen LogP contribution in [0.4, 0.5) is 0 Å². The Bertz CT molecular complexity index is 1320. The summed E-state index contributed by atoms with van der Waals surface area (Å²) >= 11 is 1.39. The van der Waals surface area contributed by atoms with Gasteiger partial charge in [0.05, 0.1) is 43.8 Å². The molecule has 0 aliphatic carbocycles. The van der Waals surface area contributed by atoms with Crippen molar-refractivity contribution in [2.45, 2.75) is 18.6 Å². The minimum absolute atomic E-state index is 0.195. The number of rotatable bonds is 9. The molecule has 0 spiro atoms. The zero-order valence-corrected chi connectivity index (χ0v) is 20.1. The Kier molecular flexibility index (Phi) is 7.49. The molecule has 1 amide bonds. The number of nitrogens with zero attached hydrogens (tertiary/aromatic N) is 3. The summed E-state index contributed by atoms with van der Waals surface area (Å²) in [5.41, 5.74) is 7.71. The van der Waals surface area contributed by atoms with Crippen LogP contribution in [0.2, 0.25) is 0 Å². The van der Waals surface area contributed by atoms with Gasteiger partial charge in [-0.1, -0.05) is 53.7 Å². The number of hydrogen-bond donors (Lipinski definition) is 1. The molecule has 4 aromatic rings. The van der Waals surface area contributed by atoms with E-state index < -0.39 is 0 Å². The molecule has 34 heavy (non-hydrogen) atoms. The van der Waals surface area contributed by atoms with Crippen LogP contribution in [0, 0.1) is 6.92 Å². The predicted octanol–water partition coefficient (Wildman–Crippen LogP) is 4.65. The molecule has 0 unspecified atom stereocenters. The number of imidazole rings is 1. The van der Waals surface area contributed by atoms with Crippen molar-refractivity contribution in [3.05, 3.63) is 83.4 Å². The number of amides is 1. The van der Waals surface area contributed by atoms with Crippen molar-refractivity contribution in [2.75, 3.05) is 20.0 Å². The fraction of sp³-hybridized carbons (Fsp3) is 0.192. The molecule has 8 heteroatoms. The molecule has 1 aromatic heterocycles. The van der Waals surface area contributed by atoms with Crippen molar-refractivity contribution in [3.63, 3.8) is 0 Å². The second-order valence-corrected chi connectivity index (χ2v) is 8.59. The zero-order chi connectivity index (χ0) is 23.9. The van der Waals surface area contributed by atoms with Gasteiger partial charge in [0.1, 0.15) is 0 Å². The van der Waals surface area contributed by atoms with Crippen molar-refractivity contribution < 1.29 is 14.3 Å². The number of hydrogen-bond acceptors (Lipinski definition) is 6. The number of nitrogens with one attached hydrogen (secondary N) is 1. The van der Waals surface area contributed by atoms with E-state index in [1.807, 2.05) is 30.3 Å². The van der Waals surface area contributed by atoms with E-state index in [0.717, 1.165) is 21.8 Å². The number of benzene rings is 3. The monoisotopic (exact) mass is 474 g/mol. The summed E-state index contributed by atoms with van der Waals surface area (Å²) in [4.78, 5) is 17.2. The number of para-hydroxylation sites is 2. The highest BCUT2D eigenvalue weighted by molar-refractivity contribution is 7.99. The van der Waals surface area contributed by atoms with E-state index in [0.29, 0.717) is 18.0 Å². The maximum absolute atomic E-state index is 12.4. The molecule has 174 valence electrons. The Morgan fingerprint density at radius 2 is 1.82 bits per heavy atom. The van der Waals surface area contributed by atoms with Crippen molar-refractivity contribution in [3.8, 4) is 11.5 Å². The Morgan fingerprint density at radius 1 is 1.06 bits per heavy atom. The third kappa shape index (κ3) is 5.58. The largest absolute Gasteiger partial charge is 0.493 e. The highest BCUT2D eigenvalue weighted by atomic mass is 32.2. The first-order valence-corrected chi connectivity index (χ1v) is 11.7. The Morgan fingerprint density at radius 3 is 2.59 bits per heavy atom. The number of fused-ring (bicyclic) bond motifs is 1. The molecular weight excluding hydrogens is 448 g/mol. The molecule has 0 bridgehead atoms. The first-order chi connectivity index (χ1) is 16.6. The summed E-state index contributed by atoms with van der Waals surface area (Å²) in [5.74, 6) is 1.21. The fourth-order valence-electron chi connectivity index (χ4n) is 3.47. The number of aryl methyl sites for hydroxylation is 1. The molecule has 1 heterocycles. The minimum Gasteiger partial charge on any atom is -0.493 e.